The molecule has 2 aliphatic rings. The van der Waals surface area contributed by atoms with E-state index in [1.165, 1.54) is 44.1 Å². The highest BCUT2D eigenvalue weighted by atomic mass is 16.5. The summed E-state index contributed by atoms with van der Waals surface area (Å²) in [7, 11) is 1.79. The molecule has 2 rings (SSSR count). The molecule has 23 heavy (non-hydrogen) atoms. The van der Waals surface area contributed by atoms with Crippen molar-refractivity contribution < 1.29 is 9.84 Å². The van der Waals surface area contributed by atoms with E-state index < -0.39 is 0 Å². The largest absolute Gasteiger partial charge is 0.396 e. The average molecular weight is 323 g/mol. The number of hydrogen-bond acceptors (Lipinski definition) is 2. The molecule has 0 aromatic rings. The third-order valence-corrected chi connectivity index (χ3v) is 7.27. The molecule has 1 N–H and O–H groups in total. The van der Waals surface area contributed by atoms with Crippen LogP contribution in [-0.2, 0) is 4.74 Å². The highest BCUT2D eigenvalue weighted by Crippen LogP contribution is 2.61. The maximum absolute atomic E-state index is 10.0. The van der Waals surface area contributed by atoms with Gasteiger partial charge >= 0.3 is 0 Å². The smallest absolute Gasteiger partial charge is 0.0487 e. The minimum Gasteiger partial charge on any atom is -0.396 e. The van der Waals surface area contributed by atoms with Crippen LogP contribution < -0.4 is 0 Å². The number of fused-ring (bicyclic) bond motifs is 1. The number of rotatable bonds is 7. The minimum absolute atomic E-state index is 0.119. The zero-order chi connectivity index (χ0) is 17.1. The normalized spacial score (nSPS) is 39.1. The van der Waals surface area contributed by atoms with E-state index in [9.17, 15) is 5.11 Å². The van der Waals surface area contributed by atoms with Gasteiger partial charge in [-0.25, -0.2) is 0 Å². The number of aliphatic hydroxyl groups is 1. The third-order valence-electron chi connectivity index (χ3n) is 7.27. The van der Waals surface area contributed by atoms with Crippen LogP contribution in [0.4, 0.5) is 0 Å². The summed E-state index contributed by atoms with van der Waals surface area (Å²) in [6.45, 7) is 12.8. The van der Waals surface area contributed by atoms with Gasteiger partial charge in [-0.2, -0.15) is 0 Å². The van der Waals surface area contributed by atoms with Crippen LogP contribution in [0.5, 0.6) is 0 Å². The Labute approximate surface area is 143 Å². The molecule has 0 aromatic heterocycles. The van der Waals surface area contributed by atoms with E-state index in [1.54, 1.807) is 7.11 Å². The zero-order valence-electron chi connectivity index (χ0n) is 15.9. The molecular formula is C21H38O2. The number of aliphatic hydroxyl groups excluding tert-OH is 1. The summed E-state index contributed by atoms with van der Waals surface area (Å²) in [5.74, 6) is 2.01. The first-order valence-corrected chi connectivity index (χ1v) is 9.65. The molecule has 134 valence electrons. The Morgan fingerprint density at radius 2 is 2.04 bits per heavy atom. The van der Waals surface area contributed by atoms with Crippen molar-refractivity contribution in [2.45, 2.75) is 72.1 Å². The van der Waals surface area contributed by atoms with Crippen molar-refractivity contribution in [3.63, 3.8) is 0 Å². The molecule has 2 nitrogen and oxygen atoms in total. The highest BCUT2D eigenvalue weighted by molar-refractivity contribution is 5.16. The van der Waals surface area contributed by atoms with E-state index in [2.05, 4.69) is 27.4 Å². The van der Waals surface area contributed by atoms with Gasteiger partial charge in [0, 0.05) is 20.3 Å². The van der Waals surface area contributed by atoms with Gasteiger partial charge in [0.15, 0.2) is 0 Å². The van der Waals surface area contributed by atoms with Crippen LogP contribution in [0.25, 0.3) is 0 Å². The number of ether oxygens (including phenoxy) is 1. The van der Waals surface area contributed by atoms with Gasteiger partial charge in [0.1, 0.15) is 0 Å². The van der Waals surface area contributed by atoms with E-state index in [4.69, 9.17) is 4.74 Å². The van der Waals surface area contributed by atoms with Crippen molar-refractivity contribution in [3.05, 3.63) is 12.2 Å². The summed E-state index contributed by atoms with van der Waals surface area (Å²) in [6.07, 6.45) is 9.83. The van der Waals surface area contributed by atoms with Crippen LogP contribution in [0.2, 0.25) is 0 Å². The predicted molar refractivity (Wildman–Crippen MR) is 97.4 cm³/mol. The van der Waals surface area contributed by atoms with Crippen molar-refractivity contribution in [3.8, 4) is 0 Å². The fraction of sp³-hybridized carbons (Fsp3) is 0.905. The lowest BCUT2D eigenvalue weighted by atomic mass is 9.46. The Morgan fingerprint density at radius 1 is 1.30 bits per heavy atom. The Morgan fingerprint density at radius 3 is 2.70 bits per heavy atom. The maximum Gasteiger partial charge on any atom is 0.0487 e. The molecule has 0 unspecified atom stereocenters. The van der Waals surface area contributed by atoms with E-state index in [0.717, 1.165) is 25.4 Å². The zero-order valence-corrected chi connectivity index (χ0v) is 15.9. The van der Waals surface area contributed by atoms with Gasteiger partial charge in [-0.3, -0.25) is 0 Å². The summed E-state index contributed by atoms with van der Waals surface area (Å²) in [4.78, 5) is 0. The molecule has 2 fully saturated rings. The van der Waals surface area contributed by atoms with E-state index in [0.29, 0.717) is 23.9 Å². The molecule has 5 atom stereocenters. The lowest BCUT2D eigenvalue weighted by molar-refractivity contribution is -0.0868. The summed E-state index contributed by atoms with van der Waals surface area (Å²) in [5, 5.41) is 10.0. The van der Waals surface area contributed by atoms with Gasteiger partial charge in [-0.15, -0.1) is 0 Å². The molecule has 0 amide bonds. The van der Waals surface area contributed by atoms with Gasteiger partial charge in [0.25, 0.3) is 0 Å². The summed E-state index contributed by atoms with van der Waals surface area (Å²) >= 11 is 0. The van der Waals surface area contributed by atoms with Crippen LogP contribution in [0.1, 0.15) is 72.1 Å². The van der Waals surface area contributed by atoms with Crippen molar-refractivity contribution in [1.29, 1.82) is 0 Å². The molecule has 2 heteroatoms. The molecule has 2 saturated carbocycles. The van der Waals surface area contributed by atoms with Crippen LogP contribution >= 0.6 is 0 Å². The van der Waals surface area contributed by atoms with Gasteiger partial charge in [0.2, 0.25) is 0 Å². The Bertz CT molecular complexity index is 405. The van der Waals surface area contributed by atoms with Crippen molar-refractivity contribution >= 4 is 0 Å². The maximum atomic E-state index is 10.0. The highest BCUT2D eigenvalue weighted by Gasteiger charge is 2.53. The van der Waals surface area contributed by atoms with E-state index >= 15 is 0 Å². The summed E-state index contributed by atoms with van der Waals surface area (Å²) in [5.41, 5.74) is 1.93. The van der Waals surface area contributed by atoms with Gasteiger partial charge in [-0.05, 0) is 67.1 Å². The molecule has 0 saturated heterocycles. The molecule has 0 heterocycles. The Kier molecular flexibility index (Phi) is 6.35. The van der Waals surface area contributed by atoms with E-state index in [1.807, 2.05) is 0 Å². The van der Waals surface area contributed by atoms with Crippen LogP contribution in [-0.4, -0.2) is 25.4 Å². The fourth-order valence-corrected chi connectivity index (χ4v) is 5.72. The van der Waals surface area contributed by atoms with Crippen LogP contribution in [0, 0.1) is 28.6 Å². The second-order valence-electron chi connectivity index (χ2n) is 8.94. The SMILES string of the molecule is C=C1CC[C@@H]2[C@](C)(CO)CCC[C@@]2(C)[C@@H]1CC[C@@H](C)CCOC. The van der Waals surface area contributed by atoms with E-state index in [-0.39, 0.29) is 5.41 Å². The molecular weight excluding hydrogens is 284 g/mol. The number of hydrogen-bond donors (Lipinski definition) is 1. The van der Waals surface area contributed by atoms with Crippen molar-refractivity contribution in [2.24, 2.45) is 28.6 Å². The van der Waals surface area contributed by atoms with Gasteiger partial charge in [0.05, 0.1) is 0 Å². The van der Waals surface area contributed by atoms with Crippen LogP contribution in [0.15, 0.2) is 12.2 Å². The topological polar surface area (TPSA) is 29.5 Å². The van der Waals surface area contributed by atoms with Gasteiger partial charge < -0.3 is 9.84 Å². The first-order valence-electron chi connectivity index (χ1n) is 9.65. The average Bonchev–Trinajstić information content (AvgIpc) is 2.51. The minimum atomic E-state index is 0.119. The molecule has 0 radical (unpaired) electrons. The van der Waals surface area contributed by atoms with Crippen molar-refractivity contribution in [1.82, 2.24) is 0 Å². The Balaban J connectivity index is 2.09. The molecule has 0 bridgehead atoms. The first kappa shape index (κ1) is 19.0. The summed E-state index contributed by atoms with van der Waals surface area (Å²) < 4.78 is 5.23. The lowest BCUT2D eigenvalue weighted by Crippen LogP contribution is -2.51. The quantitative estimate of drug-likeness (QED) is 0.652. The monoisotopic (exact) mass is 322 g/mol. The Hall–Kier alpha value is -0.340. The fourth-order valence-electron chi connectivity index (χ4n) is 5.72. The molecule has 2 aliphatic carbocycles. The first-order chi connectivity index (χ1) is 10.9. The lowest BCUT2D eigenvalue weighted by Gasteiger charge is -2.58. The second kappa shape index (κ2) is 7.70. The standard InChI is InChI=1S/C21H38O2/c1-16(11-14-23-5)7-9-18-17(2)8-10-19-20(3,15-22)12-6-13-21(18,19)4/h16,18-19,22H,2,6-15H2,1,3-5H3/t16-,18-,19-,20+,21+/m1/s1. The number of methoxy groups -OCH3 is 1. The van der Waals surface area contributed by atoms with Crippen LogP contribution in [0.3, 0.4) is 0 Å². The predicted octanol–water partition coefficient (Wildman–Crippen LogP) is 5.21. The molecule has 0 aliphatic heterocycles. The molecule has 0 spiro atoms. The third kappa shape index (κ3) is 3.85. The number of allylic oxidation sites excluding steroid dienone is 1. The molecule has 0 aromatic carbocycles. The second-order valence-corrected chi connectivity index (χ2v) is 8.94. The van der Waals surface area contributed by atoms with Gasteiger partial charge in [-0.1, -0.05) is 45.8 Å². The summed E-state index contributed by atoms with van der Waals surface area (Å²) in [6, 6.07) is 0. The van der Waals surface area contributed by atoms with Crippen molar-refractivity contribution in [2.75, 3.05) is 20.3 Å².